The molecule has 0 aliphatic carbocycles. The molecule has 0 saturated carbocycles. The Hall–Kier alpha value is -1.82. The van der Waals surface area contributed by atoms with Crippen molar-refractivity contribution in [3.8, 4) is 5.88 Å². The Balaban J connectivity index is 2.46. The summed E-state index contributed by atoms with van der Waals surface area (Å²) < 4.78 is 5.19. The van der Waals surface area contributed by atoms with Crippen LogP contribution in [0.4, 0.5) is 5.69 Å². The minimum atomic E-state index is -0.702. The lowest BCUT2D eigenvalue weighted by atomic mass is 10.3. The fraction of sp³-hybridized carbons (Fsp3) is 0.400. The quantitative estimate of drug-likeness (QED) is 0.615. The summed E-state index contributed by atoms with van der Waals surface area (Å²) in [6.45, 7) is 2.75. The molecule has 0 aliphatic heterocycles. The third-order valence-corrected chi connectivity index (χ3v) is 1.92. The molecule has 5 N–H and O–H groups in total. The third-order valence-electron chi connectivity index (χ3n) is 1.92. The van der Waals surface area contributed by atoms with Gasteiger partial charge in [0.1, 0.15) is 6.04 Å². The number of amides is 1. The molecular weight excluding hydrogens is 208 g/mol. The van der Waals surface area contributed by atoms with Gasteiger partial charge in [-0.2, -0.15) is 0 Å². The van der Waals surface area contributed by atoms with Gasteiger partial charge < -0.3 is 21.5 Å². The number of aromatic nitrogens is 1. The van der Waals surface area contributed by atoms with E-state index >= 15 is 0 Å². The van der Waals surface area contributed by atoms with Crippen LogP contribution in [0.1, 0.15) is 6.92 Å². The molecular formula is C10H16N4O2. The second-order valence-corrected chi connectivity index (χ2v) is 3.21. The van der Waals surface area contributed by atoms with E-state index in [1.54, 1.807) is 18.3 Å². The van der Waals surface area contributed by atoms with Crippen LogP contribution in [0.2, 0.25) is 0 Å². The zero-order chi connectivity index (χ0) is 12.0. The highest BCUT2D eigenvalue weighted by atomic mass is 16.5. The summed E-state index contributed by atoms with van der Waals surface area (Å²) >= 11 is 0. The number of primary amides is 1. The van der Waals surface area contributed by atoms with Crippen LogP contribution < -0.4 is 21.5 Å². The largest absolute Gasteiger partial charge is 0.478 e. The van der Waals surface area contributed by atoms with E-state index in [0.29, 0.717) is 12.5 Å². The van der Waals surface area contributed by atoms with Crippen LogP contribution in [-0.2, 0) is 4.79 Å². The molecule has 6 heteroatoms. The van der Waals surface area contributed by atoms with E-state index < -0.39 is 11.9 Å². The van der Waals surface area contributed by atoms with E-state index in [1.165, 1.54) is 0 Å². The van der Waals surface area contributed by atoms with Crippen LogP contribution in [0.3, 0.4) is 0 Å². The van der Waals surface area contributed by atoms with Gasteiger partial charge in [0.2, 0.25) is 11.8 Å². The van der Waals surface area contributed by atoms with Gasteiger partial charge in [-0.3, -0.25) is 4.79 Å². The highest BCUT2D eigenvalue weighted by Crippen LogP contribution is 2.11. The Morgan fingerprint density at radius 1 is 1.62 bits per heavy atom. The molecule has 0 spiro atoms. The van der Waals surface area contributed by atoms with Crippen LogP contribution in [0, 0.1) is 0 Å². The number of nitrogens with one attached hydrogen (secondary N) is 1. The summed E-state index contributed by atoms with van der Waals surface area (Å²) in [6.07, 6.45) is 1.61. The van der Waals surface area contributed by atoms with Gasteiger partial charge in [0, 0.05) is 12.6 Å². The molecule has 6 nitrogen and oxygen atoms in total. The maximum Gasteiger partial charge on any atom is 0.236 e. The summed E-state index contributed by atoms with van der Waals surface area (Å²) in [5, 5.41) is 2.95. The minimum absolute atomic E-state index is 0.283. The summed E-state index contributed by atoms with van der Waals surface area (Å²) in [5.74, 6) is 0.0265. The lowest BCUT2D eigenvalue weighted by Crippen LogP contribution is -2.41. The fourth-order valence-electron chi connectivity index (χ4n) is 1.05. The van der Waals surface area contributed by atoms with Gasteiger partial charge in [-0.25, -0.2) is 4.98 Å². The van der Waals surface area contributed by atoms with Gasteiger partial charge in [-0.05, 0) is 13.0 Å². The summed E-state index contributed by atoms with van der Waals surface area (Å²) in [4.78, 5) is 14.7. The monoisotopic (exact) mass is 224 g/mol. The lowest BCUT2D eigenvalue weighted by Gasteiger charge is -2.10. The number of anilines is 1. The van der Waals surface area contributed by atoms with Crippen molar-refractivity contribution < 1.29 is 9.53 Å². The first-order valence-corrected chi connectivity index (χ1v) is 5.01. The fourth-order valence-corrected chi connectivity index (χ4v) is 1.05. The van der Waals surface area contributed by atoms with E-state index in [1.807, 2.05) is 6.92 Å². The Morgan fingerprint density at radius 3 is 2.88 bits per heavy atom. The molecule has 0 bridgehead atoms. The number of hydrogen-bond acceptors (Lipinski definition) is 5. The third kappa shape index (κ3) is 3.74. The zero-order valence-electron chi connectivity index (χ0n) is 9.14. The average Bonchev–Trinajstić information content (AvgIpc) is 2.28. The van der Waals surface area contributed by atoms with Gasteiger partial charge in [-0.1, -0.05) is 0 Å². The number of ether oxygens (including phenoxy) is 1. The topological polar surface area (TPSA) is 103 Å². The standard InChI is InChI=1S/C10H16N4O2/c1-2-16-9-4-3-7(5-14-9)13-6-8(11)10(12)15/h3-5,8,13H,2,6,11H2,1H3,(H2,12,15). The van der Waals surface area contributed by atoms with E-state index in [0.717, 1.165) is 5.69 Å². The van der Waals surface area contributed by atoms with Gasteiger partial charge in [0.25, 0.3) is 0 Å². The maximum absolute atomic E-state index is 10.7. The first-order chi connectivity index (χ1) is 7.63. The van der Waals surface area contributed by atoms with Crippen LogP contribution in [0.15, 0.2) is 18.3 Å². The van der Waals surface area contributed by atoms with Gasteiger partial charge in [-0.15, -0.1) is 0 Å². The van der Waals surface area contributed by atoms with Crippen molar-refractivity contribution in [2.45, 2.75) is 13.0 Å². The Labute approximate surface area is 94.0 Å². The van der Waals surface area contributed by atoms with Crippen molar-refractivity contribution in [3.05, 3.63) is 18.3 Å². The first-order valence-electron chi connectivity index (χ1n) is 5.01. The molecule has 0 aliphatic rings. The van der Waals surface area contributed by atoms with Crippen molar-refractivity contribution in [2.75, 3.05) is 18.5 Å². The zero-order valence-corrected chi connectivity index (χ0v) is 9.14. The van der Waals surface area contributed by atoms with Crippen molar-refractivity contribution >= 4 is 11.6 Å². The average molecular weight is 224 g/mol. The highest BCUT2D eigenvalue weighted by Gasteiger charge is 2.08. The Bertz CT molecular complexity index is 339. The van der Waals surface area contributed by atoms with E-state index in [4.69, 9.17) is 16.2 Å². The summed E-state index contributed by atoms with van der Waals surface area (Å²) in [5.41, 5.74) is 11.2. The molecule has 1 aromatic rings. The highest BCUT2D eigenvalue weighted by molar-refractivity contribution is 5.80. The minimum Gasteiger partial charge on any atom is -0.478 e. The van der Waals surface area contributed by atoms with Gasteiger partial charge >= 0.3 is 0 Å². The number of rotatable bonds is 6. The molecule has 1 amide bonds. The second kappa shape index (κ2) is 5.92. The Morgan fingerprint density at radius 2 is 2.38 bits per heavy atom. The van der Waals surface area contributed by atoms with Crippen LogP contribution in [0.25, 0.3) is 0 Å². The van der Waals surface area contributed by atoms with Crippen LogP contribution in [0.5, 0.6) is 5.88 Å². The molecule has 0 radical (unpaired) electrons. The molecule has 0 fully saturated rings. The molecule has 1 atom stereocenters. The summed E-state index contributed by atoms with van der Waals surface area (Å²) in [7, 11) is 0. The SMILES string of the molecule is CCOc1ccc(NCC(N)C(N)=O)cn1. The Kier molecular flexibility index (Phi) is 4.53. The smallest absolute Gasteiger partial charge is 0.236 e. The molecule has 1 rings (SSSR count). The van der Waals surface area contributed by atoms with Crippen LogP contribution in [-0.4, -0.2) is 30.1 Å². The van der Waals surface area contributed by atoms with E-state index in [2.05, 4.69) is 10.3 Å². The van der Waals surface area contributed by atoms with E-state index in [-0.39, 0.29) is 6.54 Å². The normalized spacial score (nSPS) is 11.9. The predicted molar refractivity (Wildman–Crippen MR) is 61.1 cm³/mol. The second-order valence-electron chi connectivity index (χ2n) is 3.21. The van der Waals surface area contributed by atoms with Gasteiger partial charge in [0.05, 0.1) is 18.5 Å². The number of hydrogen-bond donors (Lipinski definition) is 3. The number of nitrogens with zero attached hydrogens (tertiary/aromatic N) is 1. The molecule has 0 saturated heterocycles. The molecule has 0 aromatic carbocycles. The molecule has 1 aromatic heterocycles. The number of nitrogens with two attached hydrogens (primary N) is 2. The molecule has 88 valence electrons. The summed E-state index contributed by atoms with van der Waals surface area (Å²) in [6, 6.07) is 2.83. The van der Waals surface area contributed by atoms with Crippen molar-refractivity contribution in [1.82, 2.24) is 4.98 Å². The van der Waals surface area contributed by atoms with Crippen molar-refractivity contribution in [2.24, 2.45) is 11.5 Å². The van der Waals surface area contributed by atoms with Gasteiger partial charge in [0.15, 0.2) is 0 Å². The first kappa shape index (κ1) is 12.3. The lowest BCUT2D eigenvalue weighted by molar-refractivity contribution is -0.118. The molecule has 1 heterocycles. The number of carbonyl (C=O) groups excluding carboxylic acids is 1. The molecule has 1 unspecified atom stereocenters. The maximum atomic E-state index is 10.7. The number of pyridine rings is 1. The van der Waals surface area contributed by atoms with E-state index in [9.17, 15) is 4.79 Å². The molecule has 16 heavy (non-hydrogen) atoms. The predicted octanol–water partition coefficient (Wildman–Crippen LogP) is -0.295. The van der Waals surface area contributed by atoms with Crippen molar-refractivity contribution in [1.29, 1.82) is 0 Å². The number of carbonyl (C=O) groups is 1. The van der Waals surface area contributed by atoms with Crippen molar-refractivity contribution in [3.63, 3.8) is 0 Å². The van der Waals surface area contributed by atoms with Crippen LogP contribution >= 0.6 is 0 Å².